The summed E-state index contributed by atoms with van der Waals surface area (Å²) in [7, 11) is 0. The van der Waals surface area contributed by atoms with Crippen molar-refractivity contribution >= 4 is 43.6 Å². The smallest absolute Gasteiger partial charge is 0.309 e. The maximum Gasteiger partial charge on any atom is 0.417 e. The van der Waals surface area contributed by atoms with Gasteiger partial charge in [0.15, 0.2) is 0 Å². The third-order valence-corrected chi connectivity index (χ3v) is 11.6. The second-order valence-corrected chi connectivity index (χ2v) is 15.3. The van der Waals surface area contributed by atoms with Gasteiger partial charge in [0.1, 0.15) is 6.07 Å². The lowest BCUT2D eigenvalue weighted by molar-refractivity contribution is -0.137. The van der Waals surface area contributed by atoms with Gasteiger partial charge >= 0.3 is 6.18 Å². The fraction of sp³-hybridized carbons (Fsp3) is 0.0566. The number of hydrogen-bond donors (Lipinski definition) is 0. The van der Waals surface area contributed by atoms with Crippen LogP contribution >= 0.6 is 0 Å². The van der Waals surface area contributed by atoms with Crippen LogP contribution in [-0.4, -0.2) is 9.13 Å². The number of aryl methyl sites for hydroxylation is 2. The maximum absolute atomic E-state index is 15.3. The van der Waals surface area contributed by atoms with Gasteiger partial charge in [0.25, 0.3) is 0 Å². The topological polar surface area (TPSA) is 57.4 Å². The number of nitriles is 2. The Labute approximate surface area is 343 Å². The highest BCUT2D eigenvalue weighted by molar-refractivity contribution is 6.12. The second-order valence-electron chi connectivity index (χ2n) is 15.3. The van der Waals surface area contributed by atoms with Gasteiger partial charge in [-0.3, -0.25) is 0 Å². The van der Waals surface area contributed by atoms with E-state index in [9.17, 15) is 10.5 Å². The molecule has 10 rings (SSSR count). The summed E-state index contributed by atoms with van der Waals surface area (Å²) in [5.41, 5.74) is 9.54. The molecule has 0 saturated carbocycles. The van der Waals surface area contributed by atoms with Crippen molar-refractivity contribution in [1.29, 1.82) is 10.5 Å². The number of benzene rings is 8. The highest BCUT2D eigenvalue weighted by Gasteiger charge is 2.35. The Morgan fingerprint density at radius 1 is 0.433 bits per heavy atom. The van der Waals surface area contributed by atoms with E-state index in [1.807, 2.05) is 89.7 Å². The van der Waals surface area contributed by atoms with E-state index in [0.717, 1.165) is 83.1 Å². The number of para-hydroxylation sites is 2. The monoisotopic (exact) mass is 782 g/mol. The van der Waals surface area contributed by atoms with Gasteiger partial charge in [0, 0.05) is 27.1 Å². The van der Waals surface area contributed by atoms with Crippen LogP contribution in [0.1, 0.15) is 27.8 Å². The molecule has 0 bridgehead atoms. The van der Waals surface area contributed by atoms with Crippen molar-refractivity contribution in [3.8, 4) is 56.9 Å². The van der Waals surface area contributed by atoms with Gasteiger partial charge < -0.3 is 9.13 Å². The molecule has 7 heteroatoms. The van der Waals surface area contributed by atoms with Crippen molar-refractivity contribution in [2.75, 3.05) is 0 Å². The zero-order valence-electron chi connectivity index (χ0n) is 32.5. The highest BCUT2D eigenvalue weighted by Crippen LogP contribution is 2.45. The first-order valence-corrected chi connectivity index (χ1v) is 19.5. The number of aromatic nitrogens is 2. The molecule has 4 nitrogen and oxygen atoms in total. The molecule has 0 aliphatic rings. The standard InChI is InChI=1S/C53H33F3N4/c1-32-11-16-35(17-12-32)37-20-23-43-41-7-3-5-9-47(41)59(50(43)26-37)49-29-45(40-22-15-34(30-57)25-46(40)53(54,55)56)52(28-39(49)31-58)60-48-10-6-4-8-42(48)44-24-21-38(27-51(44)60)36-18-13-33(2)14-19-36/h3-29H,1-2H3. The number of halogens is 3. The van der Waals surface area contributed by atoms with Crippen molar-refractivity contribution in [2.24, 2.45) is 0 Å². The summed E-state index contributed by atoms with van der Waals surface area (Å²) in [5.74, 6) is 0. The Morgan fingerprint density at radius 2 is 0.917 bits per heavy atom. The van der Waals surface area contributed by atoms with E-state index in [-0.39, 0.29) is 22.3 Å². The molecule has 8 aromatic carbocycles. The van der Waals surface area contributed by atoms with Gasteiger partial charge in [0.05, 0.1) is 56.2 Å². The van der Waals surface area contributed by atoms with Gasteiger partial charge in [0.2, 0.25) is 0 Å². The minimum Gasteiger partial charge on any atom is -0.309 e. The van der Waals surface area contributed by atoms with Gasteiger partial charge in [-0.25, -0.2) is 0 Å². The van der Waals surface area contributed by atoms with Gasteiger partial charge in [-0.15, -0.1) is 0 Å². The van der Waals surface area contributed by atoms with Crippen molar-refractivity contribution in [1.82, 2.24) is 9.13 Å². The van der Waals surface area contributed by atoms with E-state index in [4.69, 9.17) is 0 Å². The zero-order chi connectivity index (χ0) is 41.3. The molecule has 0 radical (unpaired) electrons. The van der Waals surface area contributed by atoms with E-state index in [1.54, 1.807) is 12.1 Å². The summed E-state index contributed by atoms with van der Waals surface area (Å²) in [6, 6.07) is 56.0. The van der Waals surface area contributed by atoms with Crippen LogP contribution < -0.4 is 0 Å². The summed E-state index contributed by atoms with van der Waals surface area (Å²) in [6.45, 7) is 4.07. The molecule has 0 aliphatic carbocycles. The molecule has 0 spiro atoms. The first kappa shape index (κ1) is 36.5. The van der Waals surface area contributed by atoms with Crippen LogP contribution in [0.4, 0.5) is 13.2 Å². The van der Waals surface area contributed by atoms with Crippen LogP contribution in [-0.2, 0) is 6.18 Å². The third-order valence-electron chi connectivity index (χ3n) is 11.6. The lowest BCUT2D eigenvalue weighted by Crippen LogP contribution is -2.10. The van der Waals surface area contributed by atoms with Crippen molar-refractivity contribution in [3.05, 3.63) is 192 Å². The predicted molar refractivity (Wildman–Crippen MR) is 235 cm³/mol. The normalized spacial score (nSPS) is 11.7. The Bertz CT molecular complexity index is 3450. The lowest BCUT2D eigenvalue weighted by atomic mass is 9.93. The molecule has 0 N–H and O–H groups in total. The maximum atomic E-state index is 15.3. The Morgan fingerprint density at radius 3 is 1.42 bits per heavy atom. The van der Waals surface area contributed by atoms with Gasteiger partial charge in [-0.1, -0.05) is 126 Å². The molecule has 2 aromatic heterocycles. The van der Waals surface area contributed by atoms with Gasteiger partial charge in [-0.05, 0) is 90.2 Å². The SMILES string of the molecule is Cc1ccc(-c2ccc3c4ccccc4n(-c4cc(-c5ccc(C#N)cc5C(F)(F)F)c(-n5c6ccccc6c6ccc(-c7ccc(C)cc7)cc65)cc4C#N)c3c2)cc1. The molecule has 0 aliphatic heterocycles. The molecule has 0 amide bonds. The summed E-state index contributed by atoms with van der Waals surface area (Å²) < 4.78 is 49.8. The molecular formula is C53H33F3N4. The minimum atomic E-state index is -4.80. The first-order chi connectivity index (χ1) is 29.1. The molecule has 0 unspecified atom stereocenters. The van der Waals surface area contributed by atoms with E-state index in [1.165, 1.54) is 12.1 Å². The molecule has 2 heterocycles. The average Bonchev–Trinajstić information content (AvgIpc) is 3.78. The van der Waals surface area contributed by atoms with Gasteiger partial charge in [-0.2, -0.15) is 23.7 Å². The average molecular weight is 783 g/mol. The van der Waals surface area contributed by atoms with E-state index < -0.39 is 11.7 Å². The second kappa shape index (κ2) is 13.9. The fourth-order valence-corrected chi connectivity index (χ4v) is 8.65. The summed E-state index contributed by atoms with van der Waals surface area (Å²) in [5, 5.41) is 24.6. The summed E-state index contributed by atoms with van der Waals surface area (Å²) >= 11 is 0. The Hall–Kier alpha value is -7.87. The number of alkyl halides is 3. The predicted octanol–water partition coefficient (Wildman–Crippen LogP) is 14.3. The van der Waals surface area contributed by atoms with Crippen LogP contribution in [0.3, 0.4) is 0 Å². The number of fused-ring (bicyclic) bond motifs is 6. The minimum absolute atomic E-state index is 0.105. The number of hydrogen-bond acceptors (Lipinski definition) is 2. The van der Waals surface area contributed by atoms with Crippen LogP contribution in [0.15, 0.2) is 164 Å². The molecule has 10 aromatic rings. The van der Waals surface area contributed by atoms with E-state index >= 15 is 13.2 Å². The first-order valence-electron chi connectivity index (χ1n) is 19.5. The van der Waals surface area contributed by atoms with Crippen LogP contribution in [0, 0.1) is 36.5 Å². The fourth-order valence-electron chi connectivity index (χ4n) is 8.65. The third kappa shape index (κ3) is 5.91. The molecule has 0 atom stereocenters. The zero-order valence-corrected chi connectivity index (χ0v) is 32.5. The molecule has 60 heavy (non-hydrogen) atoms. The van der Waals surface area contributed by atoms with E-state index in [0.29, 0.717) is 11.4 Å². The van der Waals surface area contributed by atoms with Crippen LogP contribution in [0.25, 0.3) is 88.4 Å². The lowest BCUT2D eigenvalue weighted by Gasteiger charge is -2.21. The van der Waals surface area contributed by atoms with Crippen LogP contribution in [0.2, 0.25) is 0 Å². The molecule has 0 saturated heterocycles. The Kier molecular flexibility index (Phi) is 8.45. The number of rotatable bonds is 5. The molecule has 286 valence electrons. The van der Waals surface area contributed by atoms with Crippen molar-refractivity contribution in [3.63, 3.8) is 0 Å². The van der Waals surface area contributed by atoms with Crippen molar-refractivity contribution < 1.29 is 13.2 Å². The largest absolute Gasteiger partial charge is 0.417 e. The van der Waals surface area contributed by atoms with Crippen LogP contribution in [0.5, 0.6) is 0 Å². The summed E-state index contributed by atoms with van der Waals surface area (Å²) in [6.07, 6.45) is -4.80. The molecular weight excluding hydrogens is 750 g/mol. The number of nitrogens with zero attached hydrogens (tertiary/aromatic N) is 4. The van der Waals surface area contributed by atoms with E-state index in [2.05, 4.69) is 78.9 Å². The Balaban J connectivity index is 1.34. The van der Waals surface area contributed by atoms with Crippen molar-refractivity contribution in [2.45, 2.75) is 20.0 Å². The highest BCUT2D eigenvalue weighted by atomic mass is 19.4. The molecule has 0 fully saturated rings. The quantitative estimate of drug-likeness (QED) is 0.175. The summed E-state index contributed by atoms with van der Waals surface area (Å²) in [4.78, 5) is 0.